The summed E-state index contributed by atoms with van der Waals surface area (Å²) in [4.78, 5) is 13.0. The number of Topliss-reactive ketones (excluding diaryl/α,β-unsaturated/α-hetero) is 1. The maximum Gasteiger partial charge on any atom is 0.156 e. The van der Waals surface area contributed by atoms with Crippen LogP contribution in [0.15, 0.2) is 60.2 Å². The number of hydrogen-bond donors (Lipinski definition) is 0. The molecule has 2 aromatic carbocycles. The number of rotatable bonds is 5. The summed E-state index contributed by atoms with van der Waals surface area (Å²) < 4.78 is 10.5. The van der Waals surface area contributed by atoms with Crippen LogP contribution in [0.5, 0.6) is 11.5 Å². The Morgan fingerprint density at radius 1 is 0.880 bits per heavy atom. The summed E-state index contributed by atoms with van der Waals surface area (Å²) >= 11 is 1.70. The Kier molecular flexibility index (Phi) is 5.29. The van der Waals surface area contributed by atoms with Gasteiger partial charge in [0, 0.05) is 16.2 Å². The third kappa shape index (κ3) is 3.80. The average Bonchev–Trinajstić information content (AvgIpc) is 2.67. The number of hydrogen-bond acceptors (Lipinski definition) is 4. The second-order valence-corrected chi connectivity index (χ2v) is 6.70. The first-order chi connectivity index (χ1) is 12.1. The highest BCUT2D eigenvalue weighted by Crippen LogP contribution is 2.42. The first-order valence-electron chi connectivity index (χ1n) is 8.00. The molecule has 1 heterocycles. The van der Waals surface area contributed by atoms with Crippen LogP contribution in [0.4, 0.5) is 0 Å². The topological polar surface area (TPSA) is 35.5 Å². The van der Waals surface area contributed by atoms with Gasteiger partial charge in [0.15, 0.2) is 5.78 Å². The van der Waals surface area contributed by atoms with Crippen LogP contribution in [0.3, 0.4) is 0 Å². The van der Waals surface area contributed by atoms with Gasteiger partial charge < -0.3 is 9.47 Å². The van der Waals surface area contributed by atoms with Crippen LogP contribution >= 0.6 is 11.8 Å². The third-order valence-corrected chi connectivity index (χ3v) is 5.34. The lowest BCUT2D eigenvalue weighted by atomic mass is 9.98. The highest BCUT2D eigenvalue weighted by molar-refractivity contribution is 8.08. The zero-order valence-corrected chi connectivity index (χ0v) is 15.4. The second kappa shape index (κ2) is 7.62. The first-order valence-corrected chi connectivity index (χ1v) is 8.98. The summed E-state index contributed by atoms with van der Waals surface area (Å²) in [5, 5.41) is 0. The van der Waals surface area contributed by atoms with Crippen molar-refractivity contribution in [3.8, 4) is 11.5 Å². The molecule has 0 N–H and O–H groups in total. The van der Waals surface area contributed by atoms with Crippen molar-refractivity contribution in [2.75, 3.05) is 20.0 Å². The highest BCUT2D eigenvalue weighted by Gasteiger charge is 2.19. The van der Waals surface area contributed by atoms with E-state index in [9.17, 15) is 4.79 Å². The Morgan fingerprint density at radius 2 is 1.40 bits per heavy atom. The van der Waals surface area contributed by atoms with Crippen LogP contribution in [0, 0.1) is 0 Å². The molecule has 0 atom stereocenters. The van der Waals surface area contributed by atoms with Crippen LogP contribution < -0.4 is 9.47 Å². The fourth-order valence-electron chi connectivity index (χ4n) is 2.68. The summed E-state index contributed by atoms with van der Waals surface area (Å²) in [7, 11) is 3.32. The third-order valence-electron chi connectivity index (χ3n) is 4.14. The van der Waals surface area contributed by atoms with E-state index >= 15 is 0 Å². The molecule has 0 fully saturated rings. The largest absolute Gasteiger partial charge is 0.497 e. The Bertz CT molecular complexity index is 830. The van der Waals surface area contributed by atoms with Crippen LogP contribution in [0.2, 0.25) is 0 Å². The molecule has 2 aromatic rings. The average molecular weight is 352 g/mol. The molecule has 1 aliphatic rings. The number of ether oxygens (including phenoxy) is 2. The molecule has 0 amide bonds. The molecule has 3 rings (SSSR count). The Morgan fingerprint density at radius 3 is 1.88 bits per heavy atom. The quantitative estimate of drug-likeness (QED) is 0.772. The summed E-state index contributed by atoms with van der Waals surface area (Å²) in [6, 6.07) is 15.9. The van der Waals surface area contributed by atoms with Crippen molar-refractivity contribution in [3.63, 3.8) is 0 Å². The normalized spacial score (nSPS) is 14.1. The van der Waals surface area contributed by atoms with Gasteiger partial charge in [0.1, 0.15) is 11.5 Å². The van der Waals surface area contributed by atoms with E-state index in [4.69, 9.17) is 9.47 Å². The number of carbonyl (C=O) groups is 1. The lowest BCUT2D eigenvalue weighted by Gasteiger charge is -2.20. The molecule has 0 bridgehead atoms. The molecule has 128 valence electrons. The van der Waals surface area contributed by atoms with Gasteiger partial charge in [0.2, 0.25) is 0 Å². The van der Waals surface area contributed by atoms with Crippen molar-refractivity contribution in [3.05, 3.63) is 71.3 Å². The van der Waals surface area contributed by atoms with Crippen molar-refractivity contribution in [2.45, 2.75) is 6.92 Å². The number of ketones is 1. The number of benzene rings is 2. The minimum atomic E-state index is 0.118. The van der Waals surface area contributed by atoms with Crippen molar-refractivity contribution < 1.29 is 14.3 Å². The second-order valence-electron chi connectivity index (χ2n) is 5.71. The van der Waals surface area contributed by atoms with E-state index in [1.807, 2.05) is 42.5 Å². The van der Waals surface area contributed by atoms with E-state index in [0.29, 0.717) is 5.75 Å². The predicted octanol–water partition coefficient (Wildman–Crippen LogP) is 4.83. The first kappa shape index (κ1) is 17.4. The molecule has 0 saturated carbocycles. The number of carbonyl (C=O) groups excluding carboxylic acids is 1. The van der Waals surface area contributed by atoms with Crippen molar-refractivity contribution >= 4 is 28.0 Å². The van der Waals surface area contributed by atoms with Gasteiger partial charge in [-0.25, -0.2) is 0 Å². The van der Waals surface area contributed by atoms with Gasteiger partial charge in [-0.05, 0) is 54.0 Å². The number of methoxy groups -OCH3 is 2. The maximum absolute atomic E-state index is 11.9. The van der Waals surface area contributed by atoms with Crippen molar-refractivity contribution in [1.29, 1.82) is 0 Å². The minimum Gasteiger partial charge on any atom is -0.497 e. The SMILES string of the molecule is COc1ccc(C2=C(c3ccc(OC)cc3)SCC(C(C)=O)=C2)cc1. The van der Waals surface area contributed by atoms with Gasteiger partial charge in [-0.2, -0.15) is 0 Å². The smallest absolute Gasteiger partial charge is 0.156 e. The monoisotopic (exact) mass is 352 g/mol. The summed E-state index contributed by atoms with van der Waals surface area (Å²) in [5.41, 5.74) is 4.09. The molecule has 0 aromatic heterocycles. The molecular weight excluding hydrogens is 332 g/mol. The zero-order chi connectivity index (χ0) is 17.8. The van der Waals surface area contributed by atoms with E-state index in [0.717, 1.165) is 38.7 Å². The van der Waals surface area contributed by atoms with E-state index < -0.39 is 0 Å². The molecule has 1 aliphatic heterocycles. The number of allylic oxidation sites excluding steroid dienone is 2. The van der Waals surface area contributed by atoms with Crippen LogP contribution in [-0.4, -0.2) is 25.8 Å². The number of thioether (sulfide) groups is 1. The van der Waals surface area contributed by atoms with Gasteiger partial charge in [0.25, 0.3) is 0 Å². The van der Waals surface area contributed by atoms with Crippen LogP contribution in [0.1, 0.15) is 18.1 Å². The molecule has 4 heteroatoms. The summed E-state index contributed by atoms with van der Waals surface area (Å²) in [6.45, 7) is 1.62. The van der Waals surface area contributed by atoms with E-state index in [2.05, 4.69) is 12.1 Å². The van der Waals surface area contributed by atoms with Gasteiger partial charge in [0.05, 0.1) is 14.2 Å². The Labute approximate surface area is 152 Å². The van der Waals surface area contributed by atoms with Crippen LogP contribution in [0.25, 0.3) is 10.5 Å². The standard InChI is InChI=1S/C21H20O3S/c1-14(22)17-12-20(15-4-8-18(23-2)9-5-15)21(25-13-17)16-6-10-19(24-3)11-7-16/h4-12H,13H2,1-3H3. The fraction of sp³-hybridized carbons (Fsp3) is 0.190. The molecule has 0 aliphatic carbocycles. The molecule has 0 radical (unpaired) electrons. The van der Waals surface area contributed by atoms with Gasteiger partial charge in [-0.3, -0.25) is 4.79 Å². The van der Waals surface area contributed by atoms with E-state index in [-0.39, 0.29) is 5.78 Å². The fourth-order valence-corrected chi connectivity index (χ4v) is 3.90. The van der Waals surface area contributed by atoms with E-state index in [1.165, 1.54) is 0 Å². The molecular formula is C21H20O3S. The van der Waals surface area contributed by atoms with Crippen molar-refractivity contribution in [2.24, 2.45) is 0 Å². The minimum absolute atomic E-state index is 0.118. The zero-order valence-electron chi connectivity index (χ0n) is 14.5. The van der Waals surface area contributed by atoms with Crippen LogP contribution in [-0.2, 0) is 4.79 Å². The predicted molar refractivity (Wildman–Crippen MR) is 104 cm³/mol. The highest BCUT2D eigenvalue weighted by atomic mass is 32.2. The lowest BCUT2D eigenvalue weighted by Crippen LogP contribution is -2.05. The van der Waals surface area contributed by atoms with Gasteiger partial charge >= 0.3 is 0 Å². The summed E-state index contributed by atoms with van der Waals surface area (Å²) in [5.74, 6) is 2.45. The Hall–Kier alpha value is -2.46. The van der Waals surface area contributed by atoms with Gasteiger partial charge in [-0.15, -0.1) is 11.8 Å². The molecule has 3 nitrogen and oxygen atoms in total. The van der Waals surface area contributed by atoms with Gasteiger partial charge in [-0.1, -0.05) is 24.3 Å². The summed E-state index contributed by atoms with van der Waals surface area (Å²) in [6.07, 6.45) is 2.01. The molecule has 0 spiro atoms. The molecule has 25 heavy (non-hydrogen) atoms. The lowest BCUT2D eigenvalue weighted by molar-refractivity contribution is -0.113. The van der Waals surface area contributed by atoms with E-state index in [1.54, 1.807) is 32.9 Å². The maximum atomic E-state index is 11.9. The van der Waals surface area contributed by atoms with Crippen molar-refractivity contribution in [1.82, 2.24) is 0 Å². The Balaban J connectivity index is 2.11. The molecule has 0 saturated heterocycles. The molecule has 0 unspecified atom stereocenters.